The van der Waals surface area contributed by atoms with Crippen LogP contribution in [0.5, 0.6) is 0 Å². The van der Waals surface area contributed by atoms with E-state index in [1.165, 1.54) is 10.4 Å². The highest BCUT2D eigenvalue weighted by Crippen LogP contribution is 2.31. The molecule has 1 aliphatic rings. The number of hydrogen-bond donors (Lipinski definition) is 1. The number of aryl methyl sites for hydroxylation is 2. The van der Waals surface area contributed by atoms with Crippen LogP contribution in [0.15, 0.2) is 52.2 Å². The predicted octanol–water partition coefficient (Wildman–Crippen LogP) is 3.40. The largest absolute Gasteiger partial charge is 0.308 e. The van der Waals surface area contributed by atoms with E-state index in [0.29, 0.717) is 54.5 Å². The van der Waals surface area contributed by atoms with Crippen LogP contribution in [-0.4, -0.2) is 50.8 Å². The molecule has 1 N–H and O–H groups in total. The van der Waals surface area contributed by atoms with Gasteiger partial charge in [-0.2, -0.15) is 4.31 Å². The first-order valence-electron chi connectivity index (χ1n) is 11.4. The Labute approximate surface area is 207 Å². The molecule has 5 rings (SSSR count). The number of sulfonamides is 1. The van der Waals surface area contributed by atoms with Crippen molar-refractivity contribution in [2.45, 2.75) is 44.0 Å². The third-order valence-corrected chi connectivity index (χ3v) is 8.73. The van der Waals surface area contributed by atoms with Crippen molar-refractivity contribution in [2.24, 2.45) is 0 Å². The highest BCUT2D eigenvalue weighted by molar-refractivity contribution is 7.89. The first-order chi connectivity index (χ1) is 16.7. The summed E-state index contributed by atoms with van der Waals surface area (Å²) < 4.78 is 29.5. The summed E-state index contributed by atoms with van der Waals surface area (Å²) in [6, 6.07) is 12.9. The first kappa shape index (κ1) is 23.7. The summed E-state index contributed by atoms with van der Waals surface area (Å²) in [4.78, 5) is 20.5. The minimum atomic E-state index is -3.67. The smallest absolute Gasteiger partial charge is 0.281 e. The van der Waals surface area contributed by atoms with Gasteiger partial charge in [-0.1, -0.05) is 52.7 Å². The Morgan fingerprint density at radius 2 is 1.80 bits per heavy atom. The zero-order chi connectivity index (χ0) is 24.7. The van der Waals surface area contributed by atoms with Gasteiger partial charge in [-0.25, -0.2) is 18.1 Å². The van der Waals surface area contributed by atoms with Crippen LogP contribution in [0.4, 0.5) is 0 Å². The van der Waals surface area contributed by atoms with Crippen molar-refractivity contribution in [1.82, 2.24) is 29.3 Å². The van der Waals surface area contributed by atoms with Gasteiger partial charge < -0.3 is 4.98 Å². The van der Waals surface area contributed by atoms with Gasteiger partial charge in [0.1, 0.15) is 5.82 Å². The monoisotopic (exact) mass is 512 g/mol. The number of hydrogen-bond acceptors (Lipinski definition) is 6. The molecule has 0 bridgehead atoms. The molecular formula is C24H25ClN6O3S. The molecule has 1 fully saturated rings. The van der Waals surface area contributed by atoms with Gasteiger partial charge in [0.15, 0.2) is 11.2 Å². The maximum absolute atomic E-state index is 13.2. The topological polar surface area (TPSA) is 114 Å². The molecule has 0 spiro atoms. The van der Waals surface area contributed by atoms with Gasteiger partial charge in [0.2, 0.25) is 10.0 Å². The molecule has 2 aromatic heterocycles. The SMILES string of the molecule is Cc1ccc(Cn2nnc3c(=O)[nH]c(C4CCN(S(=O)(=O)c5cc(Cl)ccc5C)CC4)nc32)cc1. The summed E-state index contributed by atoms with van der Waals surface area (Å²) in [6.45, 7) is 4.87. The summed E-state index contributed by atoms with van der Waals surface area (Å²) in [5.41, 5.74) is 3.12. The number of nitrogens with zero attached hydrogens (tertiary/aromatic N) is 5. The van der Waals surface area contributed by atoms with Crippen LogP contribution in [-0.2, 0) is 16.6 Å². The standard InChI is InChI=1S/C24H25ClN6O3S/c1-15-3-6-17(7-4-15)14-31-23-21(28-29-31)24(32)27-22(26-23)18-9-11-30(12-10-18)35(33,34)20-13-19(25)8-5-16(20)2/h3-8,13,18H,9-12,14H2,1-2H3,(H,26,27,32). The maximum atomic E-state index is 13.2. The normalized spacial score (nSPS) is 15.6. The Bertz CT molecular complexity index is 1550. The van der Waals surface area contributed by atoms with Crippen molar-refractivity contribution >= 4 is 32.8 Å². The van der Waals surface area contributed by atoms with Crippen molar-refractivity contribution in [2.75, 3.05) is 13.1 Å². The van der Waals surface area contributed by atoms with Crippen LogP contribution in [0.1, 0.15) is 41.3 Å². The summed E-state index contributed by atoms with van der Waals surface area (Å²) in [7, 11) is -3.67. The molecule has 1 aliphatic heterocycles. The van der Waals surface area contributed by atoms with E-state index in [1.807, 2.05) is 31.2 Å². The van der Waals surface area contributed by atoms with Gasteiger partial charge in [0.05, 0.1) is 11.4 Å². The second-order valence-corrected chi connectivity index (χ2v) is 11.3. The van der Waals surface area contributed by atoms with Crippen LogP contribution < -0.4 is 5.56 Å². The molecule has 182 valence electrons. The van der Waals surface area contributed by atoms with Crippen molar-refractivity contribution in [3.63, 3.8) is 0 Å². The second kappa shape index (κ2) is 9.18. The molecule has 4 aromatic rings. The Hall–Kier alpha value is -3.08. The van der Waals surface area contributed by atoms with Crippen molar-refractivity contribution < 1.29 is 8.42 Å². The molecule has 3 heterocycles. The molecule has 0 radical (unpaired) electrons. The zero-order valence-corrected chi connectivity index (χ0v) is 21.0. The summed E-state index contributed by atoms with van der Waals surface area (Å²) >= 11 is 6.05. The van der Waals surface area contributed by atoms with E-state index in [2.05, 4.69) is 15.3 Å². The predicted molar refractivity (Wildman–Crippen MR) is 133 cm³/mol. The molecule has 0 saturated carbocycles. The summed E-state index contributed by atoms with van der Waals surface area (Å²) in [5, 5.41) is 8.54. The molecule has 0 aliphatic carbocycles. The number of nitrogens with one attached hydrogen (secondary N) is 1. The molecule has 2 aromatic carbocycles. The van der Waals surface area contributed by atoms with Gasteiger partial charge >= 0.3 is 0 Å². The molecule has 11 heteroatoms. The maximum Gasteiger partial charge on any atom is 0.281 e. The lowest BCUT2D eigenvalue weighted by Crippen LogP contribution is -2.38. The average Bonchev–Trinajstić information content (AvgIpc) is 3.25. The molecule has 9 nitrogen and oxygen atoms in total. The van der Waals surface area contributed by atoms with Crippen molar-refractivity contribution in [1.29, 1.82) is 0 Å². The summed E-state index contributed by atoms with van der Waals surface area (Å²) in [5.74, 6) is 0.452. The number of aromatic nitrogens is 5. The van der Waals surface area contributed by atoms with Gasteiger partial charge in [-0.3, -0.25) is 4.79 Å². The average molecular weight is 513 g/mol. The van der Waals surface area contributed by atoms with Crippen LogP contribution in [0, 0.1) is 13.8 Å². The third kappa shape index (κ3) is 4.61. The molecule has 0 atom stereocenters. The van der Waals surface area contributed by atoms with E-state index in [1.54, 1.807) is 23.7 Å². The van der Waals surface area contributed by atoms with Gasteiger partial charge in [0, 0.05) is 24.0 Å². The number of rotatable bonds is 5. The number of aromatic amines is 1. The van der Waals surface area contributed by atoms with E-state index in [9.17, 15) is 13.2 Å². The highest BCUT2D eigenvalue weighted by atomic mass is 35.5. The molecule has 1 saturated heterocycles. The minimum Gasteiger partial charge on any atom is -0.308 e. The van der Waals surface area contributed by atoms with E-state index in [0.717, 1.165) is 11.1 Å². The highest BCUT2D eigenvalue weighted by Gasteiger charge is 2.32. The number of halogens is 1. The van der Waals surface area contributed by atoms with Crippen LogP contribution in [0.25, 0.3) is 11.2 Å². The number of fused-ring (bicyclic) bond motifs is 1. The lowest BCUT2D eigenvalue weighted by molar-refractivity contribution is 0.313. The Morgan fingerprint density at radius 1 is 1.09 bits per heavy atom. The summed E-state index contributed by atoms with van der Waals surface area (Å²) in [6.07, 6.45) is 1.07. The van der Waals surface area contributed by atoms with Crippen LogP contribution in [0.2, 0.25) is 5.02 Å². The second-order valence-electron chi connectivity index (χ2n) is 8.94. The third-order valence-electron chi connectivity index (χ3n) is 6.45. The van der Waals surface area contributed by atoms with Crippen LogP contribution >= 0.6 is 11.6 Å². The fraction of sp³-hybridized carbons (Fsp3) is 0.333. The Morgan fingerprint density at radius 3 is 2.51 bits per heavy atom. The van der Waals surface area contributed by atoms with E-state index >= 15 is 0 Å². The zero-order valence-electron chi connectivity index (χ0n) is 19.4. The lowest BCUT2D eigenvalue weighted by Gasteiger charge is -2.31. The fourth-order valence-electron chi connectivity index (χ4n) is 4.41. The number of piperidine rings is 1. The Kier molecular flexibility index (Phi) is 6.20. The molecular weight excluding hydrogens is 488 g/mol. The van der Waals surface area contributed by atoms with E-state index in [4.69, 9.17) is 16.6 Å². The quantitative estimate of drug-likeness (QED) is 0.438. The van der Waals surface area contributed by atoms with E-state index in [-0.39, 0.29) is 21.9 Å². The number of H-pyrrole nitrogens is 1. The Balaban J connectivity index is 1.37. The van der Waals surface area contributed by atoms with Gasteiger partial charge in [0.25, 0.3) is 5.56 Å². The molecule has 0 unspecified atom stereocenters. The number of benzene rings is 2. The van der Waals surface area contributed by atoms with E-state index < -0.39 is 10.0 Å². The van der Waals surface area contributed by atoms with Crippen LogP contribution in [0.3, 0.4) is 0 Å². The fourth-order valence-corrected chi connectivity index (χ4v) is 6.37. The van der Waals surface area contributed by atoms with Crippen molar-refractivity contribution in [3.8, 4) is 0 Å². The van der Waals surface area contributed by atoms with Gasteiger partial charge in [-0.15, -0.1) is 5.10 Å². The lowest BCUT2D eigenvalue weighted by atomic mass is 9.97. The van der Waals surface area contributed by atoms with Crippen molar-refractivity contribution in [3.05, 3.63) is 80.4 Å². The van der Waals surface area contributed by atoms with Gasteiger partial charge in [-0.05, 0) is 49.9 Å². The minimum absolute atomic E-state index is 0.0817. The molecule has 0 amide bonds. The first-order valence-corrected chi connectivity index (χ1v) is 13.2. The molecule has 35 heavy (non-hydrogen) atoms.